The third-order valence-electron chi connectivity index (χ3n) is 3.84. The van der Waals surface area contributed by atoms with E-state index in [1.165, 1.54) is 0 Å². The van der Waals surface area contributed by atoms with Gasteiger partial charge in [0.05, 0.1) is 6.61 Å². The molecule has 0 saturated carbocycles. The van der Waals surface area contributed by atoms with Crippen LogP contribution in [0.2, 0.25) is 0 Å². The van der Waals surface area contributed by atoms with Gasteiger partial charge in [0, 0.05) is 12.0 Å². The molecular weight excluding hydrogens is 320 g/mol. The molecule has 25 heavy (non-hydrogen) atoms. The van der Waals surface area contributed by atoms with Crippen molar-refractivity contribution in [3.63, 3.8) is 0 Å². The van der Waals surface area contributed by atoms with E-state index in [9.17, 15) is 4.79 Å². The molecule has 2 aromatic carbocycles. The maximum atomic E-state index is 10.9. The highest BCUT2D eigenvalue weighted by atomic mass is 16.5. The molecule has 130 valence electrons. The molecule has 6 nitrogen and oxygen atoms in total. The van der Waals surface area contributed by atoms with Crippen molar-refractivity contribution in [1.29, 1.82) is 0 Å². The monoisotopic (exact) mass is 340 g/mol. The molecule has 0 bridgehead atoms. The molecule has 0 radical (unpaired) electrons. The fourth-order valence-corrected chi connectivity index (χ4v) is 2.50. The van der Waals surface area contributed by atoms with Gasteiger partial charge in [0.15, 0.2) is 5.58 Å². The van der Waals surface area contributed by atoms with E-state index in [1.807, 2.05) is 48.5 Å². The summed E-state index contributed by atoms with van der Waals surface area (Å²) in [7, 11) is 0. The number of hydrogen-bond acceptors (Lipinski definition) is 5. The van der Waals surface area contributed by atoms with E-state index in [2.05, 4.69) is 4.98 Å². The maximum absolute atomic E-state index is 10.9. The van der Waals surface area contributed by atoms with Crippen LogP contribution in [0.3, 0.4) is 0 Å². The lowest BCUT2D eigenvalue weighted by Gasteiger charge is -2.06. The second kappa shape index (κ2) is 8.30. The molecule has 3 aromatic rings. The number of benzene rings is 2. The third-order valence-corrected chi connectivity index (χ3v) is 3.84. The molecule has 0 spiro atoms. The second-order valence-electron chi connectivity index (χ2n) is 5.71. The van der Waals surface area contributed by atoms with Crippen LogP contribution in [0.4, 0.5) is 0 Å². The van der Waals surface area contributed by atoms with E-state index in [0.29, 0.717) is 18.9 Å². The molecule has 0 atom stereocenters. The number of rotatable bonds is 8. The molecule has 6 heteroatoms. The second-order valence-corrected chi connectivity index (χ2v) is 5.71. The van der Waals surface area contributed by atoms with Gasteiger partial charge in [-0.05, 0) is 55.7 Å². The van der Waals surface area contributed by atoms with Crippen molar-refractivity contribution in [2.45, 2.75) is 25.7 Å². The third kappa shape index (κ3) is 4.58. The van der Waals surface area contributed by atoms with Gasteiger partial charge in [0.25, 0.3) is 0 Å². The largest absolute Gasteiger partial charge is 0.494 e. The van der Waals surface area contributed by atoms with Crippen LogP contribution in [0.5, 0.6) is 5.75 Å². The maximum Gasteiger partial charge on any atom is 0.243 e. The number of carbonyl (C=O) groups is 1. The Hall–Kier alpha value is -2.86. The molecule has 0 unspecified atom stereocenters. The van der Waals surface area contributed by atoms with E-state index in [0.717, 1.165) is 41.7 Å². The van der Waals surface area contributed by atoms with E-state index in [1.54, 1.807) is 5.48 Å². The van der Waals surface area contributed by atoms with Crippen LogP contribution >= 0.6 is 0 Å². The first-order valence-electron chi connectivity index (χ1n) is 8.28. The van der Waals surface area contributed by atoms with Crippen LogP contribution in [-0.4, -0.2) is 22.7 Å². The quantitative estimate of drug-likeness (QED) is 0.368. The first-order chi connectivity index (χ1) is 12.3. The summed E-state index contributed by atoms with van der Waals surface area (Å²) in [5.41, 5.74) is 4.14. The standard InChI is InChI=1S/C19H20N2O4/c22-18(21-23)8-2-1-5-13-24-15-11-9-14(10-12-15)19-20-16-6-3-4-7-17(16)25-19/h3-4,6-7,9-12,23H,1-2,5,8,13H2,(H,21,22). The molecule has 1 aromatic heterocycles. The van der Waals surface area contributed by atoms with Crippen molar-refractivity contribution in [2.24, 2.45) is 0 Å². The Bertz CT molecular complexity index is 794. The summed E-state index contributed by atoms with van der Waals surface area (Å²) in [5, 5.41) is 8.40. The Labute approximate surface area is 145 Å². The number of oxazole rings is 1. The molecule has 0 aliphatic rings. The zero-order valence-corrected chi connectivity index (χ0v) is 13.8. The van der Waals surface area contributed by atoms with Crippen molar-refractivity contribution in [3.8, 4) is 17.2 Å². The number of para-hydroxylation sites is 2. The molecule has 0 aliphatic carbocycles. The average Bonchev–Trinajstić information content (AvgIpc) is 3.09. The normalized spacial score (nSPS) is 10.8. The van der Waals surface area contributed by atoms with Crippen molar-refractivity contribution in [1.82, 2.24) is 10.5 Å². The Balaban J connectivity index is 1.48. The molecule has 3 rings (SSSR count). The number of carbonyl (C=O) groups excluding carboxylic acids is 1. The summed E-state index contributed by atoms with van der Waals surface area (Å²) in [6, 6.07) is 15.3. The highest BCUT2D eigenvalue weighted by molar-refractivity contribution is 5.76. The van der Waals surface area contributed by atoms with Crippen LogP contribution in [0, 0.1) is 0 Å². The van der Waals surface area contributed by atoms with Gasteiger partial charge < -0.3 is 9.15 Å². The molecule has 1 heterocycles. The average molecular weight is 340 g/mol. The minimum absolute atomic E-state index is 0.329. The predicted octanol–water partition coefficient (Wildman–Crippen LogP) is 3.94. The number of hydrogen-bond donors (Lipinski definition) is 2. The van der Waals surface area contributed by atoms with Crippen LogP contribution in [-0.2, 0) is 4.79 Å². The highest BCUT2D eigenvalue weighted by Crippen LogP contribution is 2.25. The number of hydroxylamine groups is 1. The van der Waals surface area contributed by atoms with Gasteiger partial charge in [0.2, 0.25) is 11.8 Å². The van der Waals surface area contributed by atoms with E-state index < -0.39 is 0 Å². The fourth-order valence-electron chi connectivity index (χ4n) is 2.50. The molecule has 1 amide bonds. The number of nitrogens with one attached hydrogen (secondary N) is 1. The number of aromatic nitrogens is 1. The van der Waals surface area contributed by atoms with Gasteiger partial charge in [-0.15, -0.1) is 0 Å². The molecule has 0 fully saturated rings. The minimum Gasteiger partial charge on any atom is -0.494 e. The molecule has 0 aliphatic heterocycles. The smallest absolute Gasteiger partial charge is 0.243 e. The number of ether oxygens (including phenoxy) is 1. The topological polar surface area (TPSA) is 84.6 Å². The summed E-state index contributed by atoms with van der Waals surface area (Å²) >= 11 is 0. The number of amides is 1. The van der Waals surface area contributed by atoms with Gasteiger partial charge >= 0.3 is 0 Å². The molecular formula is C19H20N2O4. The first-order valence-corrected chi connectivity index (χ1v) is 8.28. The Morgan fingerprint density at radius 2 is 1.88 bits per heavy atom. The van der Waals surface area contributed by atoms with Crippen molar-refractivity contribution >= 4 is 17.0 Å². The Kier molecular flexibility index (Phi) is 5.64. The lowest BCUT2D eigenvalue weighted by molar-refractivity contribution is -0.129. The zero-order chi connectivity index (χ0) is 17.5. The van der Waals surface area contributed by atoms with E-state index in [4.69, 9.17) is 14.4 Å². The van der Waals surface area contributed by atoms with Crippen LogP contribution in [0.15, 0.2) is 52.9 Å². The molecule has 0 saturated heterocycles. The number of nitrogens with zero attached hydrogens (tertiary/aromatic N) is 1. The van der Waals surface area contributed by atoms with Gasteiger partial charge in [-0.3, -0.25) is 10.0 Å². The Morgan fingerprint density at radius 3 is 2.64 bits per heavy atom. The van der Waals surface area contributed by atoms with Crippen molar-refractivity contribution in [3.05, 3.63) is 48.5 Å². The van der Waals surface area contributed by atoms with Gasteiger partial charge in [-0.1, -0.05) is 12.1 Å². The zero-order valence-electron chi connectivity index (χ0n) is 13.8. The van der Waals surface area contributed by atoms with E-state index in [-0.39, 0.29) is 5.91 Å². The SMILES string of the molecule is O=C(CCCCCOc1ccc(-c2nc3ccccc3o2)cc1)NO. The first kappa shape index (κ1) is 17.0. The van der Waals surface area contributed by atoms with Gasteiger partial charge in [-0.25, -0.2) is 10.5 Å². The predicted molar refractivity (Wildman–Crippen MR) is 93.3 cm³/mol. The van der Waals surface area contributed by atoms with Crippen LogP contribution in [0.1, 0.15) is 25.7 Å². The number of fused-ring (bicyclic) bond motifs is 1. The summed E-state index contributed by atoms with van der Waals surface area (Å²) in [6.07, 6.45) is 2.78. The summed E-state index contributed by atoms with van der Waals surface area (Å²) in [5.74, 6) is 1.03. The summed E-state index contributed by atoms with van der Waals surface area (Å²) in [6.45, 7) is 0.586. The Morgan fingerprint density at radius 1 is 1.08 bits per heavy atom. The summed E-state index contributed by atoms with van der Waals surface area (Å²) < 4.78 is 11.4. The fraction of sp³-hybridized carbons (Fsp3) is 0.263. The number of unbranched alkanes of at least 4 members (excludes halogenated alkanes) is 2. The van der Waals surface area contributed by atoms with E-state index >= 15 is 0 Å². The lowest BCUT2D eigenvalue weighted by Crippen LogP contribution is -2.17. The minimum atomic E-state index is -0.351. The van der Waals surface area contributed by atoms with Crippen LogP contribution < -0.4 is 10.2 Å². The highest BCUT2D eigenvalue weighted by Gasteiger charge is 2.07. The van der Waals surface area contributed by atoms with Crippen LogP contribution in [0.25, 0.3) is 22.6 Å². The summed E-state index contributed by atoms with van der Waals surface area (Å²) in [4.78, 5) is 15.3. The van der Waals surface area contributed by atoms with Crippen molar-refractivity contribution in [2.75, 3.05) is 6.61 Å². The van der Waals surface area contributed by atoms with Crippen molar-refractivity contribution < 1.29 is 19.2 Å². The van der Waals surface area contributed by atoms with Gasteiger partial charge in [0.1, 0.15) is 11.3 Å². The lowest BCUT2D eigenvalue weighted by atomic mass is 10.2. The molecule has 2 N–H and O–H groups in total. The van der Waals surface area contributed by atoms with Gasteiger partial charge in [-0.2, -0.15) is 0 Å².